The Kier molecular flexibility index (Phi) is 14.2. The number of morpholine rings is 1. The summed E-state index contributed by atoms with van der Waals surface area (Å²) in [7, 11) is 1.82. The van der Waals surface area contributed by atoms with Crippen molar-refractivity contribution in [1.82, 2.24) is 9.80 Å². The Labute approximate surface area is 308 Å². The number of hydrogen-bond donors (Lipinski definition) is 2. The summed E-state index contributed by atoms with van der Waals surface area (Å²) in [6.45, 7) is 12.3. The molecule has 6 unspecified atom stereocenters. The number of amides is 1. The van der Waals surface area contributed by atoms with Crippen LogP contribution in [0, 0.1) is 11.8 Å². The highest BCUT2D eigenvalue weighted by Gasteiger charge is 2.39. The van der Waals surface area contributed by atoms with Gasteiger partial charge in [0.1, 0.15) is 5.75 Å². The summed E-state index contributed by atoms with van der Waals surface area (Å²) < 4.78 is 18.8. The first-order valence-electron chi connectivity index (χ1n) is 18.6. The summed E-state index contributed by atoms with van der Waals surface area (Å²) in [4.78, 5) is 30.0. The number of carboxylic acid groups (broad SMARTS) is 1. The molecule has 1 saturated heterocycles. The van der Waals surface area contributed by atoms with Gasteiger partial charge in [-0.3, -0.25) is 9.69 Å². The van der Waals surface area contributed by atoms with Gasteiger partial charge < -0.3 is 34.2 Å². The van der Waals surface area contributed by atoms with Crippen LogP contribution in [0.5, 0.6) is 5.75 Å². The Hall–Kier alpha value is -3.15. The molecule has 2 fully saturated rings. The number of halogens is 1. The van der Waals surface area contributed by atoms with Crippen molar-refractivity contribution in [2.45, 2.75) is 77.0 Å². The predicted molar refractivity (Wildman–Crippen MR) is 200 cm³/mol. The topological polar surface area (TPSA) is 112 Å². The lowest BCUT2D eigenvalue weighted by atomic mass is 9.70. The van der Waals surface area contributed by atoms with E-state index in [1.54, 1.807) is 30.0 Å². The first-order chi connectivity index (χ1) is 24.5. The molecule has 2 heterocycles. The third-order valence-corrected chi connectivity index (χ3v) is 11.1. The second kappa shape index (κ2) is 18.6. The number of nitrogens with zero attached hydrogens (tertiary/aromatic N) is 3. The van der Waals surface area contributed by atoms with E-state index in [9.17, 15) is 19.8 Å². The molecular formula is C40H56ClN3O7. The molecule has 0 radical (unpaired) electrons. The van der Waals surface area contributed by atoms with Crippen LogP contribution < -0.4 is 9.64 Å². The molecule has 0 bridgehead atoms. The number of anilines is 1. The fourth-order valence-electron chi connectivity index (χ4n) is 7.56. The Morgan fingerprint density at radius 3 is 2.71 bits per heavy atom. The minimum Gasteiger partial charge on any atom is -0.491 e. The van der Waals surface area contributed by atoms with Gasteiger partial charge in [-0.1, -0.05) is 49.2 Å². The molecule has 0 spiro atoms. The SMILES string of the molecule is CCCc1cc(Cl)ccc1C1COc2ccc(C(O)C(=O)O)cc2N(CC2CCC2C(/C=C/CCN(C)C(C)=O)OCCN2CCOCC2C)C1. The van der Waals surface area contributed by atoms with Crippen molar-refractivity contribution in [3.63, 3.8) is 0 Å². The maximum Gasteiger partial charge on any atom is 0.337 e. The molecular weight excluding hydrogens is 670 g/mol. The van der Waals surface area contributed by atoms with Gasteiger partial charge in [-0.15, -0.1) is 0 Å². The fraction of sp³-hybridized carbons (Fsp3) is 0.600. The van der Waals surface area contributed by atoms with Gasteiger partial charge in [-0.05, 0) is 85.4 Å². The smallest absolute Gasteiger partial charge is 0.337 e. The van der Waals surface area contributed by atoms with Gasteiger partial charge in [0.25, 0.3) is 0 Å². The normalized spacial score (nSPS) is 23.5. The maximum absolute atomic E-state index is 11.8. The van der Waals surface area contributed by atoms with Crippen molar-refractivity contribution < 1.29 is 34.0 Å². The molecule has 2 aliphatic heterocycles. The first kappa shape index (κ1) is 39.1. The zero-order valence-corrected chi connectivity index (χ0v) is 31.4. The van der Waals surface area contributed by atoms with E-state index in [1.807, 2.05) is 13.1 Å². The number of rotatable bonds is 16. The van der Waals surface area contributed by atoms with Crippen molar-refractivity contribution in [2.24, 2.45) is 11.8 Å². The number of hydrogen-bond acceptors (Lipinski definition) is 8. The molecule has 6 atom stereocenters. The van der Waals surface area contributed by atoms with E-state index in [1.165, 1.54) is 11.1 Å². The molecule has 280 valence electrons. The quantitative estimate of drug-likeness (QED) is 0.203. The van der Waals surface area contributed by atoms with Crippen LogP contribution in [0.3, 0.4) is 0 Å². The monoisotopic (exact) mass is 725 g/mol. The number of ether oxygens (including phenoxy) is 3. The molecule has 51 heavy (non-hydrogen) atoms. The molecule has 3 aliphatic rings. The number of aliphatic hydroxyl groups is 1. The molecule has 10 nitrogen and oxygen atoms in total. The van der Waals surface area contributed by atoms with Crippen LogP contribution in [0.2, 0.25) is 5.02 Å². The lowest BCUT2D eigenvalue weighted by molar-refractivity contribution is -0.147. The van der Waals surface area contributed by atoms with Crippen molar-refractivity contribution >= 4 is 29.2 Å². The van der Waals surface area contributed by atoms with Crippen molar-refractivity contribution in [2.75, 3.05) is 71.1 Å². The van der Waals surface area contributed by atoms with Crippen LogP contribution in [0.4, 0.5) is 5.69 Å². The van der Waals surface area contributed by atoms with Crippen LogP contribution in [-0.4, -0.2) is 110 Å². The number of aliphatic carboxylic acids is 1. The Bertz CT molecular complexity index is 1500. The van der Waals surface area contributed by atoms with Gasteiger partial charge in [0.15, 0.2) is 6.10 Å². The highest BCUT2D eigenvalue weighted by molar-refractivity contribution is 6.30. The third kappa shape index (κ3) is 10.3. The minimum absolute atomic E-state index is 0.0503. The van der Waals surface area contributed by atoms with Gasteiger partial charge in [0, 0.05) is 63.7 Å². The highest BCUT2D eigenvalue weighted by Crippen LogP contribution is 2.43. The Morgan fingerprint density at radius 1 is 1.18 bits per heavy atom. The summed E-state index contributed by atoms with van der Waals surface area (Å²) in [5.41, 5.74) is 3.56. The minimum atomic E-state index is -1.63. The van der Waals surface area contributed by atoms with E-state index in [-0.39, 0.29) is 17.9 Å². The molecule has 1 aliphatic carbocycles. The number of carboxylic acids is 1. The predicted octanol–water partition coefficient (Wildman–Crippen LogP) is 5.95. The zero-order valence-electron chi connectivity index (χ0n) is 30.6. The summed E-state index contributed by atoms with van der Waals surface area (Å²) in [5.74, 6) is 0.118. The molecule has 2 aromatic rings. The van der Waals surface area contributed by atoms with Crippen molar-refractivity contribution in [1.29, 1.82) is 0 Å². The van der Waals surface area contributed by atoms with E-state index < -0.39 is 12.1 Å². The molecule has 5 rings (SSSR count). The lowest BCUT2D eigenvalue weighted by Crippen LogP contribution is -2.47. The van der Waals surface area contributed by atoms with E-state index >= 15 is 0 Å². The molecule has 2 N–H and O–H groups in total. The second-order valence-corrected chi connectivity index (χ2v) is 14.9. The number of carbonyl (C=O) groups excluding carboxylic acids is 1. The second-order valence-electron chi connectivity index (χ2n) is 14.4. The Morgan fingerprint density at radius 2 is 2.00 bits per heavy atom. The molecule has 2 aromatic carbocycles. The van der Waals surface area contributed by atoms with E-state index in [4.69, 9.17) is 25.8 Å². The number of fused-ring (bicyclic) bond motifs is 1. The van der Waals surface area contributed by atoms with Gasteiger partial charge in [0.05, 0.1) is 38.2 Å². The van der Waals surface area contributed by atoms with Crippen LogP contribution in [0.1, 0.15) is 75.2 Å². The fourth-order valence-corrected chi connectivity index (χ4v) is 7.75. The summed E-state index contributed by atoms with van der Waals surface area (Å²) in [6, 6.07) is 11.7. The zero-order chi connectivity index (χ0) is 36.5. The highest BCUT2D eigenvalue weighted by atomic mass is 35.5. The van der Waals surface area contributed by atoms with Crippen LogP contribution in [0.25, 0.3) is 0 Å². The number of benzene rings is 2. The maximum atomic E-state index is 11.8. The van der Waals surface area contributed by atoms with Crippen LogP contribution in [0.15, 0.2) is 48.6 Å². The average molecular weight is 726 g/mol. The number of aliphatic hydroxyl groups excluding tert-OH is 1. The molecule has 1 saturated carbocycles. The standard InChI is InChI=1S/C40H56ClN3O7/c1-5-8-29-21-33(41)12-14-34(29)32-24-44(36-22-30(39(46)40(47)48)11-15-38(36)51-26-32)23-31-10-13-35(31)37(9-6-7-16-42(4)28(3)45)50-20-18-43-17-19-49-25-27(43)2/h6,9,11-12,14-15,21-22,27,31-32,35,37,39,46H,5,7-8,10,13,16-20,23-26H2,1-4H3,(H,47,48)/b9-6+. The number of aryl methyl sites for hydroxylation is 1. The van der Waals surface area contributed by atoms with Crippen molar-refractivity contribution in [3.8, 4) is 5.75 Å². The van der Waals surface area contributed by atoms with E-state index in [2.05, 4.69) is 47.9 Å². The largest absolute Gasteiger partial charge is 0.491 e. The lowest BCUT2D eigenvalue weighted by Gasteiger charge is -2.44. The van der Waals surface area contributed by atoms with Crippen molar-refractivity contribution in [3.05, 3.63) is 70.3 Å². The van der Waals surface area contributed by atoms with Gasteiger partial charge >= 0.3 is 5.97 Å². The number of carbonyl (C=O) groups is 2. The summed E-state index contributed by atoms with van der Waals surface area (Å²) >= 11 is 6.44. The van der Waals surface area contributed by atoms with Gasteiger partial charge in [0.2, 0.25) is 5.91 Å². The van der Waals surface area contributed by atoms with Crippen LogP contribution >= 0.6 is 11.6 Å². The van der Waals surface area contributed by atoms with E-state index in [0.717, 1.165) is 75.7 Å². The summed E-state index contributed by atoms with van der Waals surface area (Å²) in [6.07, 6.45) is 7.39. The molecule has 0 aromatic heterocycles. The van der Waals surface area contributed by atoms with Gasteiger partial charge in [-0.25, -0.2) is 4.79 Å². The third-order valence-electron chi connectivity index (χ3n) is 10.9. The molecule has 1 amide bonds. The average Bonchev–Trinajstić information content (AvgIpc) is 3.27. The Balaban J connectivity index is 1.39. The first-order valence-corrected chi connectivity index (χ1v) is 19.0. The van der Waals surface area contributed by atoms with E-state index in [0.29, 0.717) is 55.5 Å². The van der Waals surface area contributed by atoms with Gasteiger partial charge in [-0.2, -0.15) is 0 Å². The molecule has 11 heteroatoms. The van der Waals surface area contributed by atoms with Crippen LogP contribution in [-0.2, 0) is 25.5 Å². The summed E-state index contributed by atoms with van der Waals surface area (Å²) in [5, 5.41) is 20.8.